The van der Waals surface area contributed by atoms with Crippen molar-refractivity contribution in [3.63, 3.8) is 0 Å². The summed E-state index contributed by atoms with van der Waals surface area (Å²) in [4.78, 5) is 22.9. The van der Waals surface area contributed by atoms with Gasteiger partial charge in [0, 0.05) is 0 Å². The van der Waals surface area contributed by atoms with E-state index >= 15 is 0 Å². The van der Waals surface area contributed by atoms with Crippen molar-refractivity contribution >= 4 is 21.9 Å². The van der Waals surface area contributed by atoms with E-state index in [0.29, 0.717) is 0 Å². The lowest BCUT2D eigenvalue weighted by Gasteiger charge is -2.22. The summed E-state index contributed by atoms with van der Waals surface area (Å²) in [6.45, 7) is 5.63. The third-order valence-electron chi connectivity index (χ3n) is 1.89. The maximum absolute atomic E-state index is 11.5. The summed E-state index contributed by atoms with van der Waals surface area (Å²) in [5, 5.41) is 2.58. The Labute approximate surface area is 95.5 Å². The van der Waals surface area contributed by atoms with Crippen LogP contribution in [0.1, 0.15) is 31.3 Å². The smallest absolute Gasteiger partial charge is 0.357 e. The number of methoxy groups -OCH3 is 1. The molecular formula is C9H13BrN2O3. The first-order valence-electron chi connectivity index (χ1n) is 4.38. The molecule has 0 radical (unpaired) electrons. The fourth-order valence-electron chi connectivity index (χ4n) is 1.19. The zero-order chi connectivity index (χ0) is 11.8. The number of hydrogen-bond donors (Lipinski definition) is 1. The van der Waals surface area contributed by atoms with Crippen LogP contribution in [0, 0.1) is 0 Å². The average Bonchev–Trinajstić information content (AvgIpc) is 2.42. The topological polar surface area (TPSA) is 64.1 Å². The van der Waals surface area contributed by atoms with Gasteiger partial charge >= 0.3 is 5.97 Å². The van der Waals surface area contributed by atoms with E-state index in [-0.39, 0.29) is 15.7 Å². The monoisotopic (exact) mass is 276 g/mol. The van der Waals surface area contributed by atoms with Crippen LogP contribution in [0.4, 0.5) is 0 Å². The van der Waals surface area contributed by atoms with Gasteiger partial charge in [0.15, 0.2) is 5.69 Å². The summed E-state index contributed by atoms with van der Waals surface area (Å²) in [6.07, 6.45) is 0. The highest BCUT2D eigenvalue weighted by molar-refractivity contribution is 9.10. The van der Waals surface area contributed by atoms with E-state index in [0.717, 1.165) is 0 Å². The highest BCUT2D eigenvalue weighted by atomic mass is 79.9. The zero-order valence-electron chi connectivity index (χ0n) is 9.05. The molecule has 6 heteroatoms. The lowest BCUT2D eigenvalue weighted by molar-refractivity contribution is 0.0577. The zero-order valence-corrected chi connectivity index (χ0v) is 10.6. The fraction of sp³-hybridized carbons (Fsp3) is 0.556. The summed E-state index contributed by atoms with van der Waals surface area (Å²) < 4.78 is 6.31. The van der Waals surface area contributed by atoms with Crippen LogP contribution in [0.5, 0.6) is 0 Å². The molecule has 0 saturated heterocycles. The largest absolute Gasteiger partial charge is 0.464 e. The van der Waals surface area contributed by atoms with Gasteiger partial charge in [-0.3, -0.25) is 14.6 Å². The molecule has 0 aromatic carbocycles. The number of rotatable bonds is 1. The van der Waals surface area contributed by atoms with Gasteiger partial charge < -0.3 is 4.74 Å². The average molecular weight is 277 g/mol. The van der Waals surface area contributed by atoms with E-state index in [1.165, 1.54) is 11.8 Å². The van der Waals surface area contributed by atoms with Gasteiger partial charge in [-0.2, -0.15) is 0 Å². The molecule has 5 nitrogen and oxygen atoms in total. The maximum atomic E-state index is 11.5. The number of H-pyrrole nitrogens is 1. The highest BCUT2D eigenvalue weighted by Gasteiger charge is 2.26. The lowest BCUT2D eigenvalue weighted by atomic mass is 10.1. The Hall–Kier alpha value is -1.04. The van der Waals surface area contributed by atoms with Gasteiger partial charge in [-0.05, 0) is 36.7 Å². The quantitative estimate of drug-likeness (QED) is 0.791. The second-order valence-corrected chi connectivity index (χ2v) is 4.89. The van der Waals surface area contributed by atoms with Crippen molar-refractivity contribution in [2.45, 2.75) is 26.3 Å². The first kappa shape index (κ1) is 12.0. The Morgan fingerprint density at radius 1 is 1.47 bits per heavy atom. The molecule has 15 heavy (non-hydrogen) atoms. The molecule has 0 unspecified atom stereocenters. The van der Waals surface area contributed by atoms with Crippen LogP contribution in [-0.4, -0.2) is 22.9 Å². The van der Waals surface area contributed by atoms with Crippen molar-refractivity contribution in [3.05, 3.63) is 20.5 Å². The number of ether oxygens (including phenoxy) is 1. The second-order valence-electron chi connectivity index (χ2n) is 4.10. The summed E-state index contributed by atoms with van der Waals surface area (Å²) in [5.74, 6) is -0.546. The lowest BCUT2D eigenvalue weighted by Crippen LogP contribution is -2.28. The first-order chi connectivity index (χ1) is 6.79. The number of carbonyl (C=O) groups is 1. The van der Waals surface area contributed by atoms with Crippen LogP contribution in [0.2, 0.25) is 0 Å². The standard InChI is InChI=1S/C9H13BrN2O3/c1-9(2,3)12-6(8(14)15-4)5(10)7(13)11-12/h1-4H3,(H,11,13). The Morgan fingerprint density at radius 2 is 2.00 bits per heavy atom. The van der Waals surface area contributed by atoms with Gasteiger partial charge in [0.25, 0.3) is 5.56 Å². The van der Waals surface area contributed by atoms with Gasteiger partial charge in [0.2, 0.25) is 0 Å². The second kappa shape index (κ2) is 3.84. The van der Waals surface area contributed by atoms with E-state index in [1.54, 1.807) is 0 Å². The molecule has 0 aliphatic carbocycles. The predicted molar refractivity (Wildman–Crippen MR) is 59.1 cm³/mol. The molecule has 0 bridgehead atoms. The van der Waals surface area contributed by atoms with Crippen LogP contribution in [0.15, 0.2) is 9.27 Å². The van der Waals surface area contributed by atoms with E-state index in [4.69, 9.17) is 0 Å². The summed E-state index contributed by atoms with van der Waals surface area (Å²) in [6, 6.07) is 0. The Morgan fingerprint density at radius 3 is 2.40 bits per heavy atom. The van der Waals surface area contributed by atoms with Crippen molar-refractivity contribution in [2.75, 3.05) is 7.11 Å². The minimum atomic E-state index is -0.546. The normalized spacial score (nSPS) is 11.5. The van der Waals surface area contributed by atoms with Crippen molar-refractivity contribution in [2.24, 2.45) is 0 Å². The van der Waals surface area contributed by atoms with E-state index in [2.05, 4.69) is 25.8 Å². The molecule has 1 rings (SSSR count). The molecule has 0 spiro atoms. The third kappa shape index (κ3) is 2.14. The molecule has 0 amide bonds. The number of halogens is 1. The van der Waals surface area contributed by atoms with Gasteiger partial charge in [0.1, 0.15) is 4.47 Å². The van der Waals surface area contributed by atoms with Gasteiger partial charge in [-0.15, -0.1) is 0 Å². The number of aromatic amines is 1. The molecule has 0 atom stereocenters. The number of hydrogen-bond acceptors (Lipinski definition) is 3. The van der Waals surface area contributed by atoms with Crippen LogP contribution < -0.4 is 5.56 Å². The molecule has 1 heterocycles. The molecule has 0 aliphatic rings. The Kier molecular flexibility index (Phi) is 3.08. The first-order valence-corrected chi connectivity index (χ1v) is 5.17. The third-order valence-corrected chi connectivity index (χ3v) is 2.63. The number of carbonyl (C=O) groups excluding carboxylic acids is 1. The minimum Gasteiger partial charge on any atom is -0.464 e. The molecular weight excluding hydrogens is 264 g/mol. The van der Waals surface area contributed by atoms with E-state index < -0.39 is 11.5 Å². The van der Waals surface area contributed by atoms with Crippen molar-refractivity contribution < 1.29 is 9.53 Å². The van der Waals surface area contributed by atoms with Crippen molar-refractivity contribution in [1.29, 1.82) is 0 Å². The van der Waals surface area contributed by atoms with Crippen LogP contribution in [0.25, 0.3) is 0 Å². The SMILES string of the molecule is COC(=O)c1c(Br)c(=O)[nH]n1C(C)(C)C. The molecule has 0 saturated carbocycles. The van der Waals surface area contributed by atoms with Crippen molar-refractivity contribution in [1.82, 2.24) is 9.78 Å². The molecule has 1 aromatic rings. The van der Waals surface area contributed by atoms with Gasteiger partial charge in [-0.25, -0.2) is 4.79 Å². The van der Waals surface area contributed by atoms with Crippen molar-refractivity contribution in [3.8, 4) is 0 Å². The maximum Gasteiger partial charge on any atom is 0.357 e. The molecule has 0 aliphatic heterocycles. The Balaban J connectivity index is 3.48. The predicted octanol–water partition coefficient (Wildman–Crippen LogP) is 1.48. The summed E-state index contributed by atoms with van der Waals surface area (Å²) >= 11 is 3.07. The molecule has 84 valence electrons. The number of aromatic nitrogens is 2. The number of nitrogens with one attached hydrogen (secondary N) is 1. The van der Waals surface area contributed by atoms with E-state index in [9.17, 15) is 9.59 Å². The minimum absolute atomic E-state index is 0.198. The van der Waals surface area contributed by atoms with Crippen LogP contribution in [-0.2, 0) is 10.3 Å². The van der Waals surface area contributed by atoms with Gasteiger partial charge in [-0.1, -0.05) is 0 Å². The fourth-order valence-corrected chi connectivity index (χ4v) is 1.62. The summed E-state index contributed by atoms with van der Waals surface area (Å²) in [5.41, 5.74) is -0.533. The van der Waals surface area contributed by atoms with E-state index in [1.807, 2.05) is 20.8 Å². The molecule has 1 N–H and O–H groups in total. The molecule has 1 aromatic heterocycles. The molecule has 0 fully saturated rings. The highest BCUT2D eigenvalue weighted by Crippen LogP contribution is 2.20. The van der Waals surface area contributed by atoms with Crippen LogP contribution >= 0.6 is 15.9 Å². The van der Waals surface area contributed by atoms with Crippen LogP contribution in [0.3, 0.4) is 0 Å². The number of esters is 1. The Bertz CT molecular complexity index is 439. The van der Waals surface area contributed by atoms with Gasteiger partial charge in [0.05, 0.1) is 12.6 Å². The number of nitrogens with zero attached hydrogens (tertiary/aromatic N) is 1. The summed E-state index contributed by atoms with van der Waals surface area (Å²) in [7, 11) is 1.28.